The highest BCUT2D eigenvalue weighted by Gasteiger charge is 2.55. The normalized spacial score (nSPS) is 25.7. The number of piperidine rings is 1. The lowest BCUT2D eigenvalue weighted by Crippen LogP contribution is -2.32. The summed E-state index contributed by atoms with van der Waals surface area (Å²) in [6.45, 7) is 8.41. The molecule has 1 heterocycles. The van der Waals surface area contributed by atoms with Crippen molar-refractivity contribution in [3.63, 3.8) is 0 Å². The zero-order chi connectivity index (χ0) is 19.6. The summed E-state index contributed by atoms with van der Waals surface area (Å²) in [6.07, 6.45) is -2.30. The van der Waals surface area contributed by atoms with Crippen molar-refractivity contribution in [3.8, 4) is 5.75 Å². The van der Waals surface area contributed by atoms with E-state index in [1.807, 2.05) is 0 Å². The van der Waals surface area contributed by atoms with Gasteiger partial charge in [-0.25, -0.2) is 0 Å². The van der Waals surface area contributed by atoms with Crippen LogP contribution in [-0.2, 0) is 0 Å². The summed E-state index contributed by atoms with van der Waals surface area (Å²) in [7, 11) is 0. The minimum absolute atomic E-state index is 0.178. The molecule has 0 spiro atoms. The monoisotopic (exact) mass is 384 g/mol. The summed E-state index contributed by atoms with van der Waals surface area (Å²) in [6, 6.07) is 5.18. The van der Waals surface area contributed by atoms with Crippen LogP contribution in [0, 0.1) is 23.7 Å². The summed E-state index contributed by atoms with van der Waals surface area (Å²) >= 11 is 0. The van der Waals surface area contributed by atoms with Crippen LogP contribution in [-0.4, -0.2) is 43.3 Å². The number of ether oxygens (including phenoxy) is 1. The Hall–Kier alpha value is -1.76. The molecule has 1 aliphatic heterocycles. The van der Waals surface area contributed by atoms with Crippen LogP contribution < -0.4 is 10.1 Å². The molecule has 1 saturated carbocycles. The van der Waals surface area contributed by atoms with Gasteiger partial charge in [-0.1, -0.05) is 26.3 Å². The predicted octanol–water partition coefficient (Wildman–Crippen LogP) is 3.93. The molecule has 27 heavy (non-hydrogen) atoms. The number of rotatable bonds is 8. The van der Waals surface area contributed by atoms with E-state index in [0.29, 0.717) is 24.3 Å². The van der Waals surface area contributed by atoms with Gasteiger partial charge in [0.1, 0.15) is 5.75 Å². The molecular weight excluding hydrogens is 357 g/mol. The van der Waals surface area contributed by atoms with Crippen molar-refractivity contribution in [3.05, 3.63) is 29.8 Å². The third-order valence-corrected chi connectivity index (χ3v) is 5.63. The van der Waals surface area contributed by atoms with E-state index in [1.165, 1.54) is 31.0 Å². The molecular formula is C20H27F3N2O2. The average molecular weight is 384 g/mol. The Morgan fingerprint density at radius 1 is 1.33 bits per heavy atom. The van der Waals surface area contributed by atoms with Gasteiger partial charge in [0.2, 0.25) is 0 Å². The van der Waals surface area contributed by atoms with E-state index in [1.54, 1.807) is 0 Å². The lowest BCUT2D eigenvalue weighted by molar-refractivity contribution is -0.274. The number of likely N-dealkylation sites (tertiary alicyclic amines) is 1. The van der Waals surface area contributed by atoms with Gasteiger partial charge < -0.3 is 15.0 Å². The molecule has 0 bridgehead atoms. The molecule has 0 radical (unpaired) electrons. The zero-order valence-electron chi connectivity index (χ0n) is 15.8. The smallest absolute Gasteiger partial charge is 0.406 e. The van der Waals surface area contributed by atoms with E-state index in [4.69, 9.17) is 0 Å². The van der Waals surface area contributed by atoms with Crippen molar-refractivity contribution in [2.45, 2.75) is 33.1 Å². The van der Waals surface area contributed by atoms with Gasteiger partial charge in [-0.3, -0.25) is 4.79 Å². The Morgan fingerprint density at radius 3 is 2.67 bits per heavy atom. The lowest BCUT2D eigenvalue weighted by Gasteiger charge is -2.23. The third-order valence-electron chi connectivity index (χ3n) is 5.63. The summed E-state index contributed by atoms with van der Waals surface area (Å²) in [5, 5.41) is 2.86. The molecule has 1 saturated heterocycles. The average Bonchev–Trinajstić information content (AvgIpc) is 3.03. The van der Waals surface area contributed by atoms with E-state index < -0.39 is 6.36 Å². The number of hydrogen-bond acceptors (Lipinski definition) is 3. The van der Waals surface area contributed by atoms with Gasteiger partial charge in [-0.2, -0.15) is 0 Å². The second kappa shape index (κ2) is 8.09. The van der Waals surface area contributed by atoms with E-state index in [2.05, 4.69) is 28.8 Å². The summed E-state index contributed by atoms with van der Waals surface area (Å²) < 4.78 is 40.8. The molecule has 3 unspecified atom stereocenters. The fourth-order valence-corrected chi connectivity index (χ4v) is 4.36. The van der Waals surface area contributed by atoms with E-state index >= 15 is 0 Å². The largest absolute Gasteiger partial charge is 0.573 e. The first kappa shape index (κ1) is 20.0. The topological polar surface area (TPSA) is 41.6 Å². The summed E-state index contributed by atoms with van der Waals surface area (Å²) in [4.78, 5) is 14.8. The fourth-order valence-electron chi connectivity index (χ4n) is 4.36. The first-order valence-electron chi connectivity index (χ1n) is 9.63. The lowest BCUT2D eigenvalue weighted by atomic mass is 10.1. The molecule has 1 aromatic carbocycles. The molecule has 2 fully saturated rings. The van der Waals surface area contributed by atoms with Crippen LogP contribution in [0.5, 0.6) is 5.75 Å². The second-order valence-corrected chi connectivity index (χ2v) is 7.89. The Morgan fingerprint density at radius 2 is 2.04 bits per heavy atom. The minimum Gasteiger partial charge on any atom is -0.406 e. The van der Waals surface area contributed by atoms with Crippen molar-refractivity contribution in [2.75, 3.05) is 26.2 Å². The Kier molecular flexibility index (Phi) is 5.99. The van der Waals surface area contributed by atoms with Gasteiger partial charge in [-0.15, -0.1) is 13.2 Å². The van der Waals surface area contributed by atoms with Crippen LogP contribution in [0.25, 0.3) is 0 Å². The number of nitrogens with one attached hydrogen (secondary N) is 1. The molecule has 3 rings (SSSR count). The summed E-state index contributed by atoms with van der Waals surface area (Å²) in [5.41, 5.74) is 0.178. The van der Waals surface area contributed by atoms with E-state index in [0.717, 1.165) is 31.6 Å². The maximum absolute atomic E-state index is 12.3. The molecule has 1 aromatic rings. The molecule has 150 valence electrons. The molecule has 1 aliphatic carbocycles. The predicted molar refractivity (Wildman–Crippen MR) is 96.4 cm³/mol. The van der Waals surface area contributed by atoms with Crippen LogP contribution in [0.2, 0.25) is 0 Å². The number of carbonyl (C=O) groups excluding carboxylic acids is 1. The van der Waals surface area contributed by atoms with Gasteiger partial charge in [0.05, 0.1) is 0 Å². The molecule has 3 atom stereocenters. The standard InChI is InChI=1S/C20H27F3N2O2/c1-3-5-13(2)10-25-11-17-16(18(17)12-25)9-24-19(26)14-6-4-7-15(8-14)27-20(21,22)23/h4,6-8,13,16-18H,3,5,9-12H2,1-2H3,(H,24,26). The van der Waals surface area contributed by atoms with Crippen molar-refractivity contribution in [2.24, 2.45) is 23.7 Å². The van der Waals surface area contributed by atoms with E-state index in [-0.39, 0.29) is 17.2 Å². The molecule has 7 heteroatoms. The van der Waals surface area contributed by atoms with Crippen LogP contribution in [0.1, 0.15) is 37.0 Å². The maximum Gasteiger partial charge on any atom is 0.573 e. The van der Waals surface area contributed by atoms with Crippen molar-refractivity contribution in [1.29, 1.82) is 0 Å². The first-order chi connectivity index (χ1) is 12.8. The van der Waals surface area contributed by atoms with Gasteiger partial charge in [-0.05, 0) is 48.3 Å². The number of carbonyl (C=O) groups is 1. The zero-order valence-corrected chi connectivity index (χ0v) is 15.8. The second-order valence-electron chi connectivity index (χ2n) is 7.89. The van der Waals surface area contributed by atoms with Crippen LogP contribution in [0.4, 0.5) is 13.2 Å². The highest BCUT2D eigenvalue weighted by molar-refractivity contribution is 5.94. The fraction of sp³-hybridized carbons (Fsp3) is 0.650. The van der Waals surface area contributed by atoms with Crippen molar-refractivity contribution >= 4 is 5.91 Å². The van der Waals surface area contributed by atoms with Gasteiger partial charge in [0.25, 0.3) is 5.91 Å². The first-order valence-corrected chi connectivity index (χ1v) is 9.63. The number of benzene rings is 1. The number of amides is 1. The number of nitrogens with zero attached hydrogens (tertiary/aromatic N) is 1. The van der Waals surface area contributed by atoms with Crippen LogP contribution in [0.3, 0.4) is 0 Å². The molecule has 1 amide bonds. The highest BCUT2D eigenvalue weighted by atomic mass is 19.4. The molecule has 2 aliphatic rings. The molecule has 0 aromatic heterocycles. The Balaban J connectivity index is 1.42. The molecule has 1 N–H and O–H groups in total. The minimum atomic E-state index is -4.76. The van der Waals surface area contributed by atoms with Gasteiger partial charge in [0, 0.05) is 31.7 Å². The highest BCUT2D eigenvalue weighted by Crippen LogP contribution is 2.51. The maximum atomic E-state index is 12.3. The van der Waals surface area contributed by atoms with Crippen molar-refractivity contribution in [1.82, 2.24) is 10.2 Å². The Labute approximate surface area is 158 Å². The van der Waals surface area contributed by atoms with Crippen LogP contribution in [0.15, 0.2) is 24.3 Å². The number of alkyl halides is 3. The number of halogens is 3. The number of fused-ring (bicyclic) bond motifs is 1. The Bertz CT molecular complexity index is 653. The third kappa shape index (κ3) is 5.37. The SMILES string of the molecule is CCCC(C)CN1CC2C(CNC(=O)c3cccc(OC(F)(F)F)c3)C2C1. The van der Waals surface area contributed by atoms with Gasteiger partial charge >= 0.3 is 6.36 Å². The quantitative estimate of drug-likeness (QED) is 0.738. The molecule has 4 nitrogen and oxygen atoms in total. The van der Waals surface area contributed by atoms with Crippen molar-refractivity contribution < 1.29 is 22.7 Å². The van der Waals surface area contributed by atoms with Crippen LogP contribution >= 0.6 is 0 Å². The van der Waals surface area contributed by atoms with E-state index in [9.17, 15) is 18.0 Å². The number of hydrogen-bond donors (Lipinski definition) is 1. The summed E-state index contributed by atoms with van der Waals surface area (Å²) in [5.74, 6) is 1.74. The van der Waals surface area contributed by atoms with Gasteiger partial charge in [0.15, 0.2) is 0 Å².